The summed E-state index contributed by atoms with van der Waals surface area (Å²) >= 11 is 10.4. The number of aromatic nitrogens is 2. The Labute approximate surface area is 289 Å². The van der Waals surface area contributed by atoms with E-state index in [0.29, 0.717) is 18.9 Å². The zero-order valence-electron chi connectivity index (χ0n) is 27.8. The lowest BCUT2D eigenvalue weighted by Gasteiger charge is -2.33. The number of nitrogens with zero attached hydrogens (tertiary/aromatic N) is 4. The van der Waals surface area contributed by atoms with E-state index in [-0.39, 0.29) is 5.78 Å². The lowest BCUT2D eigenvalue weighted by Crippen LogP contribution is -2.30. The van der Waals surface area contributed by atoms with Crippen LogP contribution in [0.4, 0.5) is 17.1 Å². The number of aryl methyl sites for hydroxylation is 2. The third kappa shape index (κ3) is 10.6. The van der Waals surface area contributed by atoms with Crippen LogP contribution < -0.4 is 15.5 Å². The van der Waals surface area contributed by atoms with Crippen LogP contribution in [0.1, 0.15) is 76.1 Å². The molecule has 0 spiro atoms. The van der Waals surface area contributed by atoms with Gasteiger partial charge in [0.2, 0.25) is 0 Å². The maximum Gasteiger partial charge on any atom is 0.160 e. The van der Waals surface area contributed by atoms with Crippen molar-refractivity contribution < 1.29 is 9.59 Å². The summed E-state index contributed by atoms with van der Waals surface area (Å²) in [5, 5.41) is 0.748. The third-order valence-corrected chi connectivity index (χ3v) is 8.56. The zero-order valence-corrected chi connectivity index (χ0v) is 30.1. The van der Waals surface area contributed by atoms with Gasteiger partial charge in [-0.15, -0.1) is 6.58 Å². The summed E-state index contributed by atoms with van der Waals surface area (Å²) in [5.74, 6) is 0.188. The molecule has 3 aromatic rings. The smallest absolute Gasteiger partial charge is 0.160 e. The number of carbonyl (C=O) groups excluding carboxylic acids is 2. The number of nitrogens with two attached hydrogens (primary N) is 1. The number of ketones is 1. The Morgan fingerprint density at radius 2 is 1.93 bits per heavy atom. The first-order valence-electron chi connectivity index (χ1n) is 16.1. The molecule has 5 rings (SSSR count). The molecule has 2 N–H and O–H groups in total. The molecule has 0 saturated carbocycles. The van der Waals surface area contributed by atoms with Crippen molar-refractivity contribution in [2.24, 2.45) is 5.73 Å². The summed E-state index contributed by atoms with van der Waals surface area (Å²) < 4.78 is 0.777. The second-order valence-corrected chi connectivity index (χ2v) is 12.0. The van der Waals surface area contributed by atoms with Gasteiger partial charge in [0, 0.05) is 49.1 Å². The van der Waals surface area contributed by atoms with Crippen molar-refractivity contribution in [3.05, 3.63) is 99.7 Å². The van der Waals surface area contributed by atoms with Gasteiger partial charge in [0.25, 0.3) is 0 Å². The van der Waals surface area contributed by atoms with Crippen molar-refractivity contribution >= 4 is 57.2 Å². The Hall–Kier alpha value is -3.33. The molecular weight excluding hydrogens is 662 g/mol. The summed E-state index contributed by atoms with van der Waals surface area (Å²) in [6.07, 6.45) is 14.7. The number of hydrogen-bond donors (Lipinski definition) is 1. The Morgan fingerprint density at radius 1 is 1.17 bits per heavy atom. The van der Waals surface area contributed by atoms with Crippen molar-refractivity contribution in [1.29, 1.82) is 0 Å². The van der Waals surface area contributed by atoms with Crippen LogP contribution in [0.2, 0.25) is 5.02 Å². The summed E-state index contributed by atoms with van der Waals surface area (Å²) in [6.45, 7) is 15.4. The first-order valence-corrected chi connectivity index (χ1v) is 17.3. The minimum Gasteiger partial charge on any atom is -0.367 e. The van der Waals surface area contributed by atoms with Crippen molar-refractivity contribution in [1.82, 2.24) is 9.97 Å². The molecule has 1 fully saturated rings. The molecule has 0 amide bonds. The molecule has 9 heteroatoms. The van der Waals surface area contributed by atoms with E-state index in [9.17, 15) is 4.79 Å². The third-order valence-electron chi connectivity index (χ3n) is 7.79. The van der Waals surface area contributed by atoms with Crippen LogP contribution in [0, 0.1) is 6.92 Å². The van der Waals surface area contributed by atoms with Gasteiger partial charge >= 0.3 is 0 Å². The molecule has 0 aliphatic carbocycles. The highest BCUT2D eigenvalue weighted by Gasteiger charge is 2.30. The number of anilines is 3. The number of hydrogen-bond acceptors (Lipinski definition) is 7. The van der Waals surface area contributed by atoms with Gasteiger partial charge in [0.15, 0.2) is 5.78 Å². The number of pyridine rings is 2. The van der Waals surface area contributed by atoms with Gasteiger partial charge < -0.3 is 20.3 Å². The Bertz CT molecular complexity index is 1430. The molecule has 1 saturated heterocycles. The van der Waals surface area contributed by atoms with Crippen LogP contribution in [-0.2, 0) is 22.4 Å². The largest absolute Gasteiger partial charge is 0.367 e. The number of Topliss-reactive ketones (excluding diaryl/α,β-unsaturated/α-hetero) is 1. The molecule has 0 bridgehead atoms. The average Bonchev–Trinajstić information content (AvgIpc) is 3.55. The molecule has 1 atom stereocenters. The van der Waals surface area contributed by atoms with Gasteiger partial charge in [0.05, 0.1) is 28.3 Å². The van der Waals surface area contributed by atoms with Gasteiger partial charge in [-0.3, -0.25) is 9.78 Å². The van der Waals surface area contributed by atoms with Gasteiger partial charge in [-0.25, -0.2) is 4.98 Å². The maximum atomic E-state index is 12.9. The Morgan fingerprint density at radius 3 is 2.54 bits per heavy atom. The molecule has 46 heavy (non-hydrogen) atoms. The fourth-order valence-electron chi connectivity index (χ4n) is 5.59. The van der Waals surface area contributed by atoms with Gasteiger partial charge in [0.1, 0.15) is 11.4 Å². The second-order valence-electron chi connectivity index (χ2n) is 10.8. The molecule has 0 radical (unpaired) electrons. The van der Waals surface area contributed by atoms with Gasteiger partial charge in [-0.1, -0.05) is 44.5 Å². The average molecular weight is 711 g/mol. The van der Waals surface area contributed by atoms with E-state index >= 15 is 0 Å². The van der Waals surface area contributed by atoms with E-state index < -0.39 is 0 Å². The number of fused-ring (bicyclic) bond motifs is 1. The lowest BCUT2D eigenvalue weighted by molar-refractivity contribution is -0.115. The second kappa shape index (κ2) is 20.7. The molecule has 2 aliphatic heterocycles. The van der Waals surface area contributed by atoms with Crippen molar-refractivity contribution in [2.75, 3.05) is 22.9 Å². The standard InChI is InChI=1S/C30H32BrClN4O.C4H9N.C2H6.CH2O/c1-3-6-29(37)22-15-21-16-25(32)28(17-27(21)36(19-22)24-10-12-30(31)34-18-24)35-14-5-8-23(35)9-11-26-20(2)7-4-13-33-26;1-2-3-4-5;2*1-2/h4,7,10,12-13,16-19,23H,3,5-6,8-9,11,14-15H2,1-2H3;2H,1,3-5H2;1-2H3;1H2. The van der Waals surface area contributed by atoms with Crippen LogP contribution in [0.25, 0.3) is 0 Å². The number of benzene rings is 1. The van der Waals surface area contributed by atoms with Gasteiger partial charge in [-0.05, 0) is 109 Å². The summed E-state index contributed by atoms with van der Waals surface area (Å²) in [5.41, 5.74) is 12.4. The van der Waals surface area contributed by atoms with E-state index in [0.717, 1.165) is 89.4 Å². The van der Waals surface area contributed by atoms with Crippen molar-refractivity contribution in [2.45, 2.75) is 85.1 Å². The molecule has 1 unspecified atom stereocenters. The van der Waals surface area contributed by atoms with Crippen molar-refractivity contribution in [3.8, 4) is 0 Å². The van der Waals surface area contributed by atoms with Crippen LogP contribution in [0.5, 0.6) is 0 Å². The highest BCUT2D eigenvalue weighted by Crippen LogP contribution is 2.43. The lowest BCUT2D eigenvalue weighted by atomic mass is 9.94. The van der Waals surface area contributed by atoms with Crippen LogP contribution in [0.15, 0.2) is 77.8 Å². The zero-order chi connectivity index (χ0) is 34.1. The minimum atomic E-state index is 0.188. The Balaban J connectivity index is 0.000000736. The fourth-order valence-corrected chi connectivity index (χ4v) is 6.12. The molecule has 4 heterocycles. The molecule has 2 aromatic heterocycles. The molecule has 2 aliphatic rings. The van der Waals surface area contributed by atoms with E-state index in [2.05, 4.69) is 67.4 Å². The quantitative estimate of drug-likeness (QED) is 0.166. The summed E-state index contributed by atoms with van der Waals surface area (Å²) in [4.78, 5) is 34.5. The first-order chi connectivity index (χ1) is 22.4. The van der Waals surface area contributed by atoms with E-state index in [1.165, 1.54) is 11.3 Å². The Kier molecular flexibility index (Phi) is 17.5. The normalized spacial score (nSPS) is 14.8. The summed E-state index contributed by atoms with van der Waals surface area (Å²) in [7, 11) is 0. The van der Waals surface area contributed by atoms with Gasteiger partial charge in [-0.2, -0.15) is 0 Å². The molecular formula is C37H49BrClN5O2. The predicted molar refractivity (Wildman–Crippen MR) is 197 cm³/mol. The van der Waals surface area contributed by atoms with E-state index in [1.807, 2.05) is 64.4 Å². The SMILES string of the molecule is C=CCCN.C=O.CC.CCCC(=O)C1=CN(c2ccc(Br)nc2)c2cc(N3CCCC3CCc3ncccc3C)c(Cl)cc2C1. The molecule has 7 nitrogen and oxygen atoms in total. The van der Waals surface area contributed by atoms with E-state index in [4.69, 9.17) is 22.1 Å². The molecule has 248 valence electrons. The van der Waals surface area contributed by atoms with Crippen LogP contribution in [-0.4, -0.2) is 41.7 Å². The summed E-state index contributed by atoms with van der Waals surface area (Å²) in [6, 6.07) is 12.8. The maximum absolute atomic E-state index is 12.9. The topological polar surface area (TPSA) is 92.4 Å². The minimum absolute atomic E-state index is 0.188. The number of allylic oxidation sites excluding steroid dienone is 1. The van der Waals surface area contributed by atoms with Crippen molar-refractivity contribution in [3.63, 3.8) is 0 Å². The number of carbonyl (C=O) groups is 2. The fraction of sp³-hybridized carbons (Fsp3) is 0.405. The number of rotatable bonds is 10. The van der Waals surface area contributed by atoms with Crippen LogP contribution in [0.3, 0.4) is 0 Å². The highest BCUT2D eigenvalue weighted by molar-refractivity contribution is 9.10. The number of halogens is 2. The van der Waals surface area contributed by atoms with Crippen LogP contribution >= 0.6 is 27.5 Å². The first kappa shape index (κ1) is 38.9. The predicted octanol–water partition coefficient (Wildman–Crippen LogP) is 9.11. The molecule has 1 aromatic carbocycles. The monoisotopic (exact) mass is 709 g/mol. The van der Waals surface area contributed by atoms with E-state index in [1.54, 1.807) is 6.08 Å². The highest BCUT2D eigenvalue weighted by atomic mass is 79.9.